The number of nitrogens with two attached hydrogens (primary N) is 1. The molecule has 4 aromatic rings. The topological polar surface area (TPSA) is 129 Å². The van der Waals surface area contributed by atoms with Crippen LogP contribution in [0.2, 0.25) is 5.04 Å². The number of aromatic nitrogens is 4. The molecule has 2 aliphatic rings. The van der Waals surface area contributed by atoms with Gasteiger partial charge in [0.25, 0.3) is 8.32 Å². The largest absolute Gasteiger partial charge is 0.441 e. The highest BCUT2D eigenvalue weighted by molar-refractivity contribution is 6.99. The van der Waals surface area contributed by atoms with Crippen LogP contribution in [0.3, 0.4) is 0 Å². The van der Waals surface area contributed by atoms with Gasteiger partial charge >= 0.3 is 12.3 Å². The zero-order valence-corrected chi connectivity index (χ0v) is 27.8. The summed E-state index contributed by atoms with van der Waals surface area (Å²) in [4.78, 5) is 32.8. The molecule has 0 saturated carbocycles. The lowest BCUT2D eigenvalue weighted by atomic mass is 10.1. The number of hydrogen-bond acceptors (Lipinski definition) is 10. The molecule has 1 amide bonds. The summed E-state index contributed by atoms with van der Waals surface area (Å²) in [5.74, 6) is -0.319. The zero-order chi connectivity index (χ0) is 34.1. The van der Waals surface area contributed by atoms with Crippen molar-refractivity contribution in [2.45, 2.75) is 38.1 Å². The van der Waals surface area contributed by atoms with Crippen LogP contribution in [0, 0.1) is 0 Å². The lowest BCUT2D eigenvalue weighted by Gasteiger charge is -2.43. The SMILES string of the molecule is CC(C)(C)[Si](OC[C@@H]1CN(c2cc(-c3cnc(N)nc3C(F)(F)F)nc(N3CCOCC3)n2)C(=O)O1)(c1ccccc1)c1ccccc1. The van der Waals surface area contributed by atoms with Gasteiger partial charge in [-0.05, 0) is 15.4 Å². The van der Waals surface area contributed by atoms with E-state index in [1.807, 2.05) is 36.4 Å². The Morgan fingerprint density at radius 1 is 0.958 bits per heavy atom. The second-order valence-electron chi connectivity index (χ2n) is 12.6. The minimum absolute atomic E-state index is 0.0560. The molecule has 0 radical (unpaired) electrons. The zero-order valence-electron chi connectivity index (χ0n) is 26.8. The van der Waals surface area contributed by atoms with Crippen LogP contribution in [-0.2, 0) is 20.1 Å². The molecule has 252 valence electrons. The molecule has 0 bridgehead atoms. The van der Waals surface area contributed by atoms with Crippen LogP contribution >= 0.6 is 0 Å². The molecule has 48 heavy (non-hydrogen) atoms. The summed E-state index contributed by atoms with van der Waals surface area (Å²) in [6, 6.07) is 21.5. The van der Waals surface area contributed by atoms with Gasteiger partial charge in [-0.3, -0.25) is 4.90 Å². The molecule has 6 rings (SSSR count). The number of alkyl halides is 3. The van der Waals surface area contributed by atoms with Gasteiger partial charge in [-0.25, -0.2) is 19.7 Å². The highest BCUT2D eigenvalue weighted by atomic mass is 28.4. The highest BCUT2D eigenvalue weighted by Crippen LogP contribution is 2.39. The number of carbonyl (C=O) groups excluding carboxylic acids is 1. The minimum atomic E-state index is -4.84. The lowest BCUT2D eigenvalue weighted by molar-refractivity contribution is -0.140. The summed E-state index contributed by atoms with van der Waals surface area (Å²) in [5.41, 5.74) is 3.76. The first-order valence-electron chi connectivity index (χ1n) is 15.5. The van der Waals surface area contributed by atoms with Crippen molar-refractivity contribution < 1.29 is 31.9 Å². The Hall–Kier alpha value is -4.60. The second kappa shape index (κ2) is 13.1. The van der Waals surface area contributed by atoms with Crippen molar-refractivity contribution in [2.75, 3.05) is 55.0 Å². The molecule has 15 heteroatoms. The van der Waals surface area contributed by atoms with Crippen LogP contribution in [0.15, 0.2) is 72.9 Å². The van der Waals surface area contributed by atoms with E-state index in [4.69, 9.17) is 19.6 Å². The van der Waals surface area contributed by atoms with Gasteiger partial charge in [-0.1, -0.05) is 81.4 Å². The normalized spacial score (nSPS) is 17.5. The lowest BCUT2D eigenvalue weighted by Crippen LogP contribution is -2.67. The number of carbonyl (C=O) groups is 1. The van der Waals surface area contributed by atoms with E-state index in [0.29, 0.717) is 26.3 Å². The number of hydrogen-bond donors (Lipinski definition) is 1. The molecular formula is C33H36F3N7O4Si. The smallest absolute Gasteiger partial charge is 0.434 e. The van der Waals surface area contributed by atoms with Crippen LogP contribution < -0.4 is 25.9 Å². The monoisotopic (exact) mass is 679 g/mol. The third-order valence-corrected chi connectivity index (χ3v) is 13.4. The number of cyclic esters (lactones) is 1. The molecule has 2 aliphatic heterocycles. The van der Waals surface area contributed by atoms with Crippen molar-refractivity contribution >= 4 is 42.5 Å². The van der Waals surface area contributed by atoms with E-state index >= 15 is 0 Å². The standard InChI is InChI=1S/C33H36F3N7O4Si/c1-32(2,3)48(23-10-6-4-7-11-23,24-12-8-5-9-13-24)46-21-22-20-43(31(44)47-22)27-18-26(39-30(40-27)42-14-16-45-17-15-42)25-19-38-29(37)41-28(25)33(34,35)36/h4-13,18-19,22H,14-17,20-21H2,1-3H3,(H2,37,38,41)/t22-/m0/s1. The quantitative estimate of drug-likeness (QED) is 0.270. The molecule has 1 atom stereocenters. The maximum absolute atomic E-state index is 14.1. The first kappa shape index (κ1) is 33.3. The Kier molecular flexibility index (Phi) is 9.11. The molecular weight excluding hydrogens is 643 g/mol. The van der Waals surface area contributed by atoms with E-state index in [1.54, 1.807) is 4.90 Å². The van der Waals surface area contributed by atoms with Crippen LogP contribution in [0.25, 0.3) is 11.3 Å². The number of morpholine rings is 1. The van der Waals surface area contributed by atoms with Gasteiger partial charge in [0, 0.05) is 30.9 Å². The Balaban J connectivity index is 1.34. The summed E-state index contributed by atoms with van der Waals surface area (Å²) >= 11 is 0. The minimum Gasteiger partial charge on any atom is -0.441 e. The van der Waals surface area contributed by atoms with Gasteiger partial charge in [0.1, 0.15) is 11.9 Å². The molecule has 2 aromatic carbocycles. The molecule has 0 unspecified atom stereocenters. The molecule has 2 N–H and O–H groups in total. The average Bonchev–Trinajstić information content (AvgIpc) is 3.45. The number of nitrogen functional groups attached to an aromatic ring is 1. The van der Waals surface area contributed by atoms with Gasteiger partial charge in [0.2, 0.25) is 11.9 Å². The maximum Gasteiger partial charge on any atom is 0.434 e. The second-order valence-corrected chi connectivity index (χ2v) is 16.9. The van der Waals surface area contributed by atoms with E-state index in [-0.39, 0.29) is 35.7 Å². The van der Waals surface area contributed by atoms with Gasteiger partial charge < -0.3 is 24.5 Å². The number of amides is 1. The van der Waals surface area contributed by atoms with Crippen LogP contribution in [0.5, 0.6) is 0 Å². The number of rotatable bonds is 8. The Morgan fingerprint density at radius 3 is 2.17 bits per heavy atom. The maximum atomic E-state index is 14.1. The molecule has 0 aliphatic carbocycles. The van der Waals surface area contributed by atoms with E-state index < -0.39 is 43.9 Å². The fourth-order valence-corrected chi connectivity index (χ4v) is 10.8. The number of ether oxygens (including phenoxy) is 2. The summed E-state index contributed by atoms with van der Waals surface area (Å²) in [5, 5.41) is 1.85. The van der Waals surface area contributed by atoms with Crippen molar-refractivity contribution in [3.05, 3.63) is 78.6 Å². The van der Waals surface area contributed by atoms with Gasteiger partial charge in [-0.15, -0.1) is 0 Å². The number of anilines is 3. The molecule has 2 aromatic heterocycles. The van der Waals surface area contributed by atoms with E-state index in [2.05, 4.69) is 65.0 Å². The molecule has 11 nitrogen and oxygen atoms in total. The van der Waals surface area contributed by atoms with Gasteiger partial charge in [0.15, 0.2) is 5.69 Å². The van der Waals surface area contributed by atoms with E-state index in [0.717, 1.165) is 16.6 Å². The Bertz CT molecular complexity index is 1710. The fourth-order valence-electron chi connectivity index (χ4n) is 6.18. The summed E-state index contributed by atoms with van der Waals surface area (Å²) in [7, 11) is -2.94. The van der Waals surface area contributed by atoms with Crippen molar-refractivity contribution in [1.29, 1.82) is 0 Å². The molecule has 2 saturated heterocycles. The predicted molar refractivity (Wildman–Crippen MR) is 177 cm³/mol. The number of halogens is 3. The van der Waals surface area contributed by atoms with Crippen molar-refractivity contribution in [1.82, 2.24) is 19.9 Å². The predicted octanol–water partition coefficient (Wildman–Crippen LogP) is 4.27. The third-order valence-electron chi connectivity index (χ3n) is 8.40. The highest BCUT2D eigenvalue weighted by Gasteiger charge is 2.51. The average molecular weight is 680 g/mol. The van der Waals surface area contributed by atoms with Crippen LogP contribution in [0.1, 0.15) is 26.5 Å². The van der Waals surface area contributed by atoms with Gasteiger partial charge in [-0.2, -0.15) is 18.2 Å². The fraction of sp³-hybridized carbons (Fsp3) is 0.364. The van der Waals surface area contributed by atoms with Crippen LogP contribution in [-0.4, -0.2) is 79.9 Å². The van der Waals surface area contributed by atoms with E-state index in [1.165, 1.54) is 11.0 Å². The van der Waals surface area contributed by atoms with Gasteiger partial charge in [0.05, 0.1) is 32.1 Å². The Labute approximate surface area is 277 Å². The Morgan fingerprint density at radius 2 is 1.58 bits per heavy atom. The molecule has 0 spiro atoms. The molecule has 2 fully saturated rings. The summed E-state index contributed by atoms with van der Waals surface area (Å²) in [6.45, 7) is 8.19. The summed E-state index contributed by atoms with van der Waals surface area (Å²) < 4.78 is 60.5. The van der Waals surface area contributed by atoms with E-state index in [9.17, 15) is 18.0 Å². The summed E-state index contributed by atoms with van der Waals surface area (Å²) in [6.07, 6.45) is -5.25. The van der Waals surface area contributed by atoms with Crippen molar-refractivity contribution in [3.63, 3.8) is 0 Å². The first-order chi connectivity index (χ1) is 22.9. The number of nitrogens with zero attached hydrogens (tertiary/aromatic N) is 6. The number of benzene rings is 2. The van der Waals surface area contributed by atoms with Crippen LogP contribution in [0.4, 0.5) is 35.7 Å². The molecule has 4 heterocycles. The third kappa shape index (κ3) is 6.57. The first-order valence-corrected chi connectivity index (χ1v) is 17.4. The van der Waals surface area contributed by atoms with Crippen molar-refractivity contribution in [3.8, 4) is 11.3 Å². The van der Waals surface area contributed by atoms with Crippen molar-refractivity contribution in [2.24, 2.45) is 0 Å².